The summed E-state index contributed by atoms with van der Waals surface area (Å²) in [6.45, 7) is 18.0. The van der Waals surface area contributed by atoms with Crippen molar-refractivity contribution in [1.82, 2.24) is 0 Å². The van der Waals surface area contributed by atoms with Crippen molar-refractivity contribution in [2.75, 3.05) is 19.8 Å². The van der Waals surface area contributed by atoms with Crippen molar-refractivity contribution in [2.24, 2.45) is 50.2 Å². The highest BCUT2D eigenvalue weighted by Crippen LogP contribution is 2.80. The summed E-state index contributed by atoms with van der Waals surface area (Å²) in [6.07, 6.45) is -11.6. The minimum absolute atomic E-state index is 0.00673. The summed E-state index contributed by atoms with van der Waals surface area (Å²) in [7, 11) is 0. The van der Waals surface area contributed by atoms with Gasteiger partial charge in [0, 0.05) is 10.8 Å². The van der Waals surface area contributed by atoms with Gasteiger partial charge in [-0.1, -0.05) is 48.5 Å². The van der Waals surface area contributed by atoms with Crippen LogP contribution in [0.25, 0.3) is 0 Å². The maximum atomic E-state index is 12.2. The summed E-state index contributed by atoms with van der Waals surface area (Å²) in [5.74, 6) is 1.08. The van der Waals surface area contributed by atoms with Crippen LogP contribution in [0.1, 0.15) is 120 Å². The number of hydrogen-bond donors (Lipinski definition) is 9. The average Bonchev–Trinajstić information content (AvgIpc) is 3.50. The van der Waals surface area contributed by atoms with Gasteiger partial charge in [-0.2, -0.15) is 0 Å². The first kappa shape index (κ1) is 47.4. The van der Waals surface area contributed by atoms with E-state index in [0.717, 1.165) is 64.2 Å². The van der Waals surface area contributed by atoms with E-state index in [-0.39, 0.29) is 56.9 Å². The standard InChI is InChI=1S/C47H78O16/c1-22-30(50)33(53)36(56)39(59-22)63-37-34(54)31(51)23(19-48)60-40(37)61-24-20-57-38(35(55)32(24)52)62-29-11-12-43(6)25(42(29,4)5)9-13-44(7)26(43)10-14-47-27-17-41(2,3)15-16-46(27,21-58-47)28(49)18-45(44,47)8/h22-40,48-56H,9-21H2,1-8H3/t22-,23+,24-,25-,26+,27+,28+,29-,30-,31-,32-,33+,34-,35+,36+,37+,38-,39-,40-,43+,44+,45-,46+,47-/m0/s1. The minimum Gasteiger partial charge on any atom is -0.394 e. The maximum Gasteiger partial charge on any atom is 0.187 e. The molecule has 2 bridgehead atoms. The molecule has 16 heteroatoms. The molecule has 9 fully saturated rings. The van der Waals surface area contributed by atoms with E-state index < -0.39 is 92.6 Å². The largest absolute Gasteiger partial charge is 0.394 e. The third kappa shape index (κ3) is 6.80. The van der Waals surface area contributed by atoms with Gasteiger partial charge < -0.3 is 79.1 Å². The second kappa shape index (κ2) is 16.0. The van der Waals surface area contributed by atoms with Crippen LogP contribution in [0, 0.1) is 50.2 Å². The zero-order chi connectivity index (χ0) is 45.6. The summed E-state index contributed by atoms with van der Waals surface area (Å²) in [6, 6.07) is 0. The lowest BCUT2D eigenvalue weighted by Gasteiger charge is -2.75. The molecule has 9 N–H and O–H groups in total. The Hall–Kier alpha value is -0.640. The van der Waals surface area contributed by atoms with Crippen molar-refractivity contribution in [1.29, 1.82) is 0 Å². The number of hydrogen-bond acceptors (Lipinski definition) is 16. The Kier molecular flexibility index (Phi) is 12.0. The highest BCUT2D eigenvalue weighted by atomic mass is 16.8. The Bertz CT molecular complexity index is 1680. The Morgan fingerprint density at radius 2 is 1.30 bits per heavy atom. The summed E-state index contributed by atoms with van der Waals surface area (Å²) >= 11 is 0. The summed E-state index contributed by atoms with van der Waals surface area (Å²) in [5, 5.41) is 98.1. The van der Waals surface area contributed by atoms with Gasteiger partial charge in [-0.3, -0.25) is 0 Å². The monoisotopic (exact) mass is 899 g/mol. The van der Waals surface area contributed by atoms with E-state index in [9.17, 15) is 46.0 Å². The number of rotatable bonds is 7. The van der Waals surface area contributed by atoms with E-state index >= 15 is 0 Å². The molecule has 4 heterocycles. The molecule has 1 spiro atoms. The highest BCUT2D eigenvalue weighted by Gasteiger charge is 2.80. The highest BCUT2D eigenvalue weighted by molar-refractivity contribution is 5.28. The predicted octanol–water partition coefficient (Wildman–Crippen LogP) is 1.49. The molecular formula is C47H78O16. The van der Waals surface area contributed by atoms with Gasteiger partial charge in [0.05, 0.1) is 43.7 Å². The first-order chi connectivity index (χ1) is 29.4. The number of aliphatic hydroxyl groups is 9. The van der Waals surface area contributed by atoms with Crippen LogP contribution in [0.3, 0.4) is 0 Å². The fourth-order valence-corrected chi connectivity index (χ4v) is 16.2. The molecule has 0 aromatic carbocycles. The van der Waals surface area contributed by atoms with Gasteiger partial charge in [-0.25, -0.2) is 0 Å². The smallest absolute Gasteiger partial charge is 0.187 e. The van der Waals surface area contributed by atoms with Gasteiger partial charge >= 0.3 is 0 Å². The SMILES string of the molecule is C[C@@H]1O[C@@H](O[C@H]2[C@H](O[C@H]3CO[C@@H](O[C@H]4CC[C@@]5(C)[C@H]6CC[C@]78OC[C@@]9(CCC(C)(C)C[C@H]97)[C@H](O)C[C@@]8(C)[C@]6(C)CC[C@H]5C4(C)C)[C@H](O)[C@H]3O)O[C@H](CO)[C@H](O)[C@@H]2O)[C@H](O)[C@H](O)[C@H]1O. The third-order valence-corrected chi connectivity index (χ3v) is 20.1. The second-order valence-corrected chi connectivity index (χ2v) is 23.8. The maximum absolute atomic E-state index is 12.2. The third-order valence-electron chi connectivity index (χ3n) is 20.1. The number of ether oxygens (including phenoxy) is 7. The van der Waals surface area contributed by atoms with Gasteiger partial charge in [0.15, 0.2) is 18.9 Å². The molecule has 0 aromatic heterocycles. The second-order valence-electron chi connectivity index (χ2n) is 23.8. The van der Waals surface area contributed by atoms with Crippen molar-refractivity contribution in [3.8, 4) is 0 Å². The van der Waals surface area contributed by atoms with Crippen LogP contribution in [0.5, 0.6) is 0 Å². The molecule has 5 saturated carbocycles. The molecule has 0 radical (unpaired) electrons. The molecular weight excluding hydrogens is 821 g/mol. The first-order valence-corrected chi connectivity index (χ1v) is 24.0. The lowest BCUT2D eigenvalue weighted by molar-refractivity contribution is -0.382. The Balaban J connectivity index is 0.879. The average molecular weight is 899 g/mol. The van der Waals surface area contributed by atoms with Crippen molar-refractivity contribution < 1.29 is 79.1 Å². The van der Waals surface area contributed by atoms with Crippen molar-refractivity contribution in [3.63, 3.8) is 0 Å². The van der Waals surface area contributed by atoms with Crippen LogP contribution in [0.2, 0.25) is 0 Å². The van der Waals surface area contributed by atoms with Gasteiger partial charge in [-0.05, 0) is 111 Å². The molecule has 63 heavy (non-hydrogen) atoms. The zero-order valence-corrected chi connectivity index (χ0v) is 38.5. The van der Waals surface area contributed by atoms with E-state index in [2.05, 4.69) is 48.5 Å². The number of aliphatic hydroxyl groups excluding tert-OH is 9. The van der Waals surface area contributed by atoms with E-state index in [4.69, 9.17) is 33.2 Å². The first-order valence-electron chi connectivity index (χ1n) is 24.0. The van der Waals surface area contributed by atoms with E-state index in [1.807, 2.05) is 0 Å². The predicted molar refractivity (Wildman–Crippen MR) is 222 cm³/mol. The quantitative estimate of drug-likeness (QED) is 0.164. The van der Waals surface area contributed by atoms with E-state index in [0.29, 0.717) is 24.4 Å². The molecule has 4 aliphatic heterocycles. The summed E-state index contributed by atoms with van der Waals surface area (Å²) in [5.41, 5.74) is -0.693. The minimum atomic E-state index is -1.75. The lowest BCUT2D eigenvalue weighted by Crippen LogP contribution is -2.74. The summed E-state index contributed by atoms with van der Waals surface area (Å²) < 4.78 is 43.2. The van der Waals surface area contributed by atoms with Crippen LogP contribution in [0.4, 0.5) is 0 Å². The van der Waals surface area contributed by atoms with Crippen molar-refractivity contribution in [2.45, 2.75) is 223 Å². The van der Waals surface area contributed by atoms with Crippen molar-refractivity contribution in [3.05, 3.63) is 0 Å². The van der Waals surface area contributed by atoms with E-state index in [1.54, 1.807) is 0 Å². The topological polar surface area (TPSA) is 247 Å². The fourth-order valence-electron chi connectivity index (χ4n) is 16.2. The van der Waals surface area contributed by atoms with Crippen LogP contribution in [0.15, 0.2) is 0 Å². The molecule has 0 unspecified atom stereocenters. The van der Waals surface area contributed by atoms with Crippen molar-refractivity contribution >= 4 is 0 Å². The van der Waals surface area contributed by atoms with Gasteiger partial charge in [0.1, 0.15) is 61.0 Å². The van der Waals surface area contributed by atoms with Crippen LogP contribution in [-0.4, -0.2) is 170 Å². The molecule has 9 aliphatic rings. The summed E-state index contributed by atoms with van der Waals surface area (Å²) in [4.78, 5) is 0. The van der Waals surface area contributed by atoms with Gasteiger partial charge in [0.2, 0.25) is 0 Å². The lowest BCUT2D eigenvalue weighted by atomic mass is 9.30. The number of fused-ring (bicyclic) bond motifs is 4. The van der Waals surface area contributed by atoms with Crippen LogP contribution >= 0.6 is 0 Å². The zero-order valence-electron chi connectivity index (χ0n) is 38.5. The van der Waals surface area contributed by atoms with E-state index in [1.165, 1.54) is 6.92 Å². The molecule has 4 saturated heterocycles. The Labute approximate surface area is 371 Å². The molecule has 9 rings (SSSR count). The molecule has 24 atom stereocenters. The molecule has 16 nitrogen and oxygen atoms in total. The molecule has 0 aromatic rings. The van der Waals surface area contributed by atoms with Gasteiger partial charge in [-0.15, -0.1) is 0 Å². The molecule has 0 amide bonds. The van der Waals surface area contributed by atoms with Crippen LogP contribution in [-0.2, 0) is 33.2 Å². The molecule has 362 valence electrons. The normalized spacial score (nSPS) is 58.5. The van der Waals surface area contributed by atoms with Gasteiger partial charge in [0.25, 0.3) is 0 Å². The molecule has 5 aliphatic carbocycles. The Morgan fingerprint density at radius 3 is 2.02 bits per heavy atom. The fraction of sp³-hybridized carbons (Fsp3) is 1.00. The Morgan fingerprint density at radius 1 is 0.603 bits per heavy atom. The van der Waals surface area contributed by atoms with Crippen LogP contribution < -0.4 is 0 Å².